The maximum Gasteiger partial charge on any atom is 1.00 e. The van der Waals surface area contributed by atoms with E-state index in [0.717, 1.165) is 0 Å². The smallest absolute Gasteiger partial charge is 1.00 e. The summed E-state index contributed by atoms with van der Waals surface area (Å²) in [6.45, 7) is 0. The van der Waals surface area contributed by atoms with Gasteiger partial charge in [-0.3, -0.25) is 0 Å². The zero-order valence-electron chi connectivity index (χ0n) is 4.27. The first-order valence-electron chi connectivity index (χ1n) is 0.775. The summed E-state index contributed by atoms with van der Waals surface area (Å²) in [4.78, 5) is 0. The standard InChI is InChI=1S/BH3O3.Fe.Na.H/c2-1(3)4;;;/h2-4H;;;/q;;+1;-1. The van der Waals surface area contributed by atoms with Gasteiger partial charge in [-0.25, -0.2) is 0 Å². The van der Waals surface area contributed by atoms with E-state index in [9.17, 15) is 0 Å². The summed E-state index contributed by atoms with van der Waals surface area (Å²) >= 11 is 0. The summed E-state index contributed by atoms with van der Waals surface area (Å²) < 4.78 is 0. The van der Waals surface area contributed by atoms with Crippen molar-refractivity contribution in [3.8, 4) is 0 Å². The average Bonchev–Trinajstić information content (AvgIpc) is 0.811. The minimum Gasteiger partial charge on any atom is -1.00 e. The fraction of sp³-hybridized carbons (Fsp3) is 0. The Morgan fingerprint density at radius 1 is 1.17 bits per heavy atom. The molecule has 0 rings (SSSR count). The van der Waals surface area contributed by atoms with E-state index in [1.165, 1.54) is 0 Å². The second-order valence-corrected chi connectivity index (χ2v) is 0.346. The van der Waals surface area contributed by atoms with Gasteiger partial charge in [-0.2, -0.15) is 0 Å². The van der Waals surface area contributed by atoms with Crippen LogP contribution in [0, 0.1) is 0 Å². The first-order valence-corrected chi connectivity index (χ1v) is 0.775. The summed E-state index contributed by atoms with van der Waals surface area (Å²) in [7, 11) is -2.17. The van der Waals surface area contributed by atoms with Gasteiger partial charge in [-0.1, -0.05) is 0 Å². The second-order valence-electron chi connectivity index (χ2n) is 0.346. The van der Waals surface area contributed by atoms with Gasteiger partial charge in [-0.05, 0) is 0 Å². The summed E-state index contributed by atoms with van der Waals surface area (Å²) in [5, 5.41) is 21.5. The average molecular weight is 142 g/mol. The third-order valence-electron chi connectivity index (χ3n) is 0. The molecule has 6 heavy (non-hydrogen) atoms. The Kier molecular flexibility index (Phi) is 25.3. The third-order valence-corrected chi connectivity index (χ3v) is 0. The Bertz CT molecular complexity index is 19.7. The van der Waals surface area contributed by atoms with Crippen LogP contribution in [-0.2, 0) is 17.1 Å². The van der Waals surface area contributed by atoms with Crippen LogP contribution in [0.1, 0.15) is 1.43 Å². The maximum absolute atomic E-state index is 7.17. The van der Waals surface area contributed by atoms with Gasteiger partial charge in [0, 0.05) is 17.1 Å². The largest absolute Gasteiger partial charge is 1.00 e. The zero-order chi connectivity index (χ0) is 3.58. The molecule has 0 aromatic carbocycles. The molecule has 0 bridgehead atoms. The van der Waals surface area contributed by atoms with Crippen molar-refractivity contribution >= 4 is 7.32 Å². The van der Waals surface area contributed by atoms with E-state index in [1.807, 2.05) is 0 Å². The SMILES string of the molecule is OB(O)O.[Fe].[H-].[Na+]. The van der Waals surface area contributed by atoms with Crippen LogP contribution < -0.4 is 29.6 Å². The molecule has 0 atom stereocenters. The van der Waals surface area contributed by atoms with Crippen molar-refractivity contribution < 1.29 is 63.1 Å². The molecule has 0 fully saturated rings. The van der Waals surface area contributed by atoms with Crippen molar-refractivity contribution in [1.29, 1.82) is 0 Å². The molecule has 3 N–H and O–H groups in total. The van der Waals surface area contributed by atoms with Gasteiger partial charge < -0.3 is 16.5 Å². The summed E-state index contributed by atoms with van der Waals surface area (Å²) in [6, 6.07) is 0. The van der Waals surface area contributed by atoms with Crippen LogP contribution in [0.2, 0.25) is 0 Å². The third kappa shape index (κ3) is 50.8. The van der Waals surface area contributed by atoms with Crippen LogP contribution in [0.15, 0.2) is 0 Å². The molecule has 0 heterocycles. The van der Waals surface area contributed by atoms with Crippen LogP contribution in [0.3, 0.4) is 0 Å². The minimum absolute atomic E-state index is 0. The first-order chi connectivity index (χ1) is 1.73. The zero-order valence-corrected chi connectivity index (χ0v) is 6.38. The molecule has 0 unspecified atom stereocenters. The van der Waals surface area contributed by atoms with Gasteiger partial charge in [0.1, 0.15) is 0 Å². The van der Waals surface area contributed by atoms with Gasteiger partial charge in [-0.15, -0.1) is 0 Å². The predicted octanol–water partition coefficient (Wildman–Crippen LogP) is -4.94. The first kappa shape index (κ1) is 15.7. The van der Waals surface area contributed by atoms with E-state index >= 15 is 0 Å². The Labute approximate surface area is 70.2 Å². The summed E-state index contributed by atoms with van der Waals surface area (Å²) in [5.41, 5.74) is 0. The van der Waals surface area contributed by atoms with Gasteiger partial charge in [0.05, 0.1) is 0 Å². The molecule has 34 valence electrons. The van der Waals surface area contributed by atoms with Gasteiger partial charge in [0.2, 0.25) is 0 Å². The van der Waals surface area contributed by atoms with E-state index in [0.29, 0.717) is 0 Å². The van der Waals surface area contributed by atoms with E-state index in [2.05, 4.69) is 0 Å². The Hall–Kier alpha value is 1.46. The number of hydrogen-bond donors (Lipinski definition) is 3. The van der Waals surface area contributed by atoms with Crippen LogP contribution >= 0.6 is 0 Å². The van der Waals surface area contributed by atoms with Crippen LogP contribution in [-0.4, -0.2) is 22.4 Å². The van der Waals surface area contributed by atoms with E-state index in [1.54, 1.807) is 0 Å². The van der Waals surface area contributed by atoms with Gasteiger partial charge in [0.15, 0.2) is 0 Å². The maximum atomic E-state index is 7.17. The number of hydrogen-bond acceptors (Lipinski definition) is 3. The van der Waals surface area contributed by atoms with Crippen LogP contribution in [0.25, 0.3) is 0 Å². The Morgan fingerprint density at radius 2 is 1.17 bits per heavy atom. The molecule has 0 amide bonds. The van der Waals surface area contributed by atoms with Crippen molar-refractivity contribution in [2.24, 2.45) is 0 Å². The molecule has 0 aromatic heterocycles. The summed E-state index contributed by atoms with van der Waals surface area (Å²) in [6.07, 6.45) is 0. The molecular formula is H4BFeNaO3. The molecule has 0 saturated heterocycles. The van der Waals surface area contributed by atoms with Crippen molar-refractivity contribution in [3.63, 3.8) is 0 Å². The van der Waals surface area contributed by atoms with Crippen LogP contribution in [0.4, 0.5) is 0 Å². The predicted molar refractivity (Wildman–Crippen MR) is 13.5 cm³/mol. The Morgan fingerprint density at radius 3 is 1.17 bits per heavy atom. The monoisotopic (exact) mass is 142 g/mol. The molecule has 0 aromatic rings. The van der Waals surface area contributed by atoms with Crippen molar-refractivity contribution in [2.75, 3.05) is 0 Å². The van der Waals surface area contributed by atoms with Crippen LogP contribution in [0.5, 0.6) is 0 Å². The molecular weight excluding hydrogens is 138 g/mol. The fourth-order valence-electron chi connectivity index (χ4n) is 0. The quantitative estimate of drug-likeness (QED) is 0.297. The van der Waals surface area contributed by atoms with E-state index in [4.69, 9.17) is 15.1 Å². The molecule has 0 aliphatic heterocycles. The van der Waals surface area contributed by atoms with Crippen molar-refractivity contribution in [2.45, 2.75) is 0 Å². The van der Waals surface area contributed by atoms with Crippen molar-refractivity contribution in [1.82, 2.24) is 0 Å². The Balaban J connectivity index is -0.0000000150. The number of rotatable bonds is 0. The minimum atomic E-state index is -2.17. The molecule has 0 spiro atoms. The molecule has 6 heteroatoms. The normalized spacial score (nSPS) is 4.50. The fourth-order valence-corrected chi connectivity index (χ4v) is 0. The van der Waals surface area contributed by atoms with Crippen molar-refractivity contribution in [3.05, 3.63) is 0 Å². The molecule has 0 aliphatic carbocycles. The second kappa shape index (κ2) is 9.68. The molecule has 3 nitrogen and oxygen atoms in total. The summed E-state index contributed by atoms with van der Waals surface area (Å²) in [5.74, 6) is 0. The van der Waals surface area contributed by atoms with Gasteiger partial charge >= 0.3 is 36.9 Å². The molecule has 0 aliphatic rings. The van der Waals surface area contributed by atoms with Gasteiger partial charge in [0.25, 0.3) is 0 Å². The van der Waals surface area contributed by atoms with E-state index < -0.39 is 7.32 Å². The molecule has 0 radical (unpaired) electrons. The molecule has 0 saturated carbocycles. The topological polar surface area (TPSA) is 60.7 Å². The van der Waals surface area contributed by atoms with E-state index in [-0.39, 0.29) is 48.1 Å².